The van der Waals surface area contributed by atoms with Crippen molar-refractivity contribution in [2.45, 2.75) is 13.5 Å². The van der Waals surface area contributed by atoms with Crippen molar-refractivity contribution in [1.29, 1.82) is 0 Å². The zero-order valence-corrected chi connectivity index (χ0v) is 15.9. The molecule has 0 amide bonds. The van der Waals surface area contributed by atoms with Crippen LogP contribution in [0.25, 0.3) is 38.9 Å². The highest BCUT2D eigenvalue weighted by atomic mass is 16.1. The van der Waals surface area contributed by atoms with Gasteiger partial charge in [0.25, 0.3) is 5.56 Å². The molecule has 3 aromatic heterocycles. The molecular weight excluding hydrogens is 362 g/mol. The molecule has 0 bridgehead atoms. The SMILES string of the molecule is CCn1c(=O)c2ccc(-c3ccc(N)nc3)cc2n2nc(-c3ccccc3)cc12. The van der Waals surface area contributed by atoms with Crippen LogP contribution >= 0.6 is 0 Å². The molecule has 0 saturated heterocycles. The van der Waals surface area contributed by atoms with Crippen LogP contribution in [0.2, 0.25) is 0 Å². The Hall–Kier alpha value is -3.93. The minimum absolute atomic E-state index is 0.0171. The van der Waals surface area contributed by atoms with Gasteiger partial charge in [0.1, 0.15) is 11.5 Å². The Morgan fingerprint density at radius 3 is 2.45 bits per heavy atom. The van der Waals surface area contributed by atoms with Gasteiger partial charge >= 0.3 is 0 Å². The molecule has 0 atom stereocenters. The highest BCUT2D eigenvalue weighted by Crippen LogP contribution is 2.26. The van der Waals surface area contributed by atoms with Crippen LogP contribution in [0.4, 0.5) is 5.82 Å². The van der Waals surface area contributed by atoms with Crippen LogP contribution in [-0.4, -0.2) is 19.2 Å². The van der Waals surface area contributed by atoms with Crippen LogP contribution < -0.4 is 11.3 Å². The molecule has 0 unspecified atom stereocenters. The molecule has 0 saturated carbocycles. The monoisotopic (exact) mass is 381 g/mol. The second-order valence-electron chi connectivity index (χ2n) is 6.92. The fraction of sp³-hybridized carbons (Fsp3) is 0.0870. The van der Waals surface area contributed by atoms with E-state index in [-0.39, 0.29) is 5.56 Å². The number of hydrogen-bond acceptors (Lipinski definition) is 4. The van der Waals surface area contributed by atoms with Gasteiger partial charge in [-0.15, -0.1) is 0 Å². The summed E-state index contributed by atoms with van der Waals surface area (Å²) in [5.74, 6) is 0.474. The van der Waals surface area contributed by atoms with Gasteiger partial charge in [0.15, 0.2) is 0 Å². The number of aromatic nitrogens is 4. The van der Waals surface area contributed by atoms with E-state index < -0.39 is 0 Å². The molecule has 5 rings (SSSR count). The summed E-state index contributed by atoms with van der Waals surface area (Å²) in [5.41, 5.74) is 11.0. The summed E-state index contributed by atoms with van der Waals surface area (Å²) in [7, 11) is 0. The average molecular weight is 381 g/mol. The maximum atomic E-state index is 13.1. The topological polar surface area (TPSA) is 78.2 Å². The number of pyridine rings is 1. The number of rotatable bonds is 3. The molecule has 6 nitrogen and oxygen atoms in total. The van der Waals surface area contributed by atoms with Gasteiger partial charge in [-0.2, -0.15) is 5.10 Å². The maximum absolute atomic E-state index is 13.1. The molecule has 0 spiro atoms. The van der Waals surface area contributed by atoms with E-state index in [1.54, 1.807) is 16.8 Å². The number of nitrogens with zero attached hydrogens (tertiary/aromatic N) is 4. The number of hydrogen-bond donors (Lipinski definition) is 1. The molecule has 142 valence electrons. The molecule has 2 aromatic carbocycles. The lowest BCUT2D eigenvalue weighted by Gasteiger charge is -2.10. The minimum Gasteiger partial charge on any atom is -0.384 e. The molecule has 0 fully saturated rings. The fourth-order valence-corrected chi connectivity index (χ4v) is 3.69. The van der Waals surface area contributed by atoms with Gasteiger partial charge in [-0.25, -0.2) is 9.50 Å². The van der Waals surface area contributed by atoms with Crippen LogP contribution in [0.5, 0.6) is 0 Å². The van der Waals surface area contributed by atoms with Gasteiger partial charge in [0.2, 0.25) is 0 Å². The summed E-state index contributed by atoms with van der Waals surface area (Å²) < 4.78 is 3.61. The van der Waals surface area contributed by atoms with E-state index in [1.807, 2.05) is 72.1 Å². The number of benzene rings is 2. The van der Waals surface area contributed by atoms with E-state index in [9.17, 15) is 4.79 Å². The normalized spacial score (nSPS) is 11.3. The number of fused-ring (bicyclic) bond motifs is 3. The second kappa shape index (κ2) is 6.60. The highest BCUT2D eigenvalue weighted by Gasteiger charge is 2.15. The molecule has 0 aliphatic heterocycles. The van der Waals surface area contributed by atoms with Crippen LogP contribution in [-0.2, 0) is 6.54 Å². The highest BCUT2D eigenvalue weighted by molar-refractivity contribution is 5.86. The van der Waals surface area contributed by atoms with Crippen LogP contribution in [0, 0.1) is 0 Å². The van der Waals surface area contributed by atoms with Crippen LogP contribution in [0.1, 0.15) is 6.92 Å². The van der Waals surface area contributed by atoms with Crippen LogP contribution in [0.15, 0.2) is 77.7 Å². The second-order valence-corrected chi connectivity index (χ2v) is 6.92. The minimum atomic E-state index is -0.0171. The molecular formula is C23H19N5O. The fourth-order valence-electron chi connectivity index (χ4n) is 3.69. The van der Waals surface area contributed by atoms with E-state index >= 15 is 0 Å². The molecule has 3 heterocycles. The summed E-state index contributed by atoms with van der Waals surface area (Å²) >= 11 is 0. The van der Waals surface area contributed by atoms with Crippen molar-refractivity contribution in [2.75, 3.05) is 5.73 Å². The van der Waals surface area contributed by atoms with E-state index in [2.05, 4.69) is 4.98 Å². The molecule has 5 aromatic rings. The maximum Gasteiger partial charge on any atom is 0.261 e. The first-order valence-electron chi connectivity index (χ1n) is 9.49. The number of nitrogens with two attached hydrogens (primary N) is 1. The number of nitrogen functional groups attached to an aromatic ring is 1. The Morgan fingerprint density at radius 1 is 0.931 bits per heavy atom. The Bertz CT molecular complexity index is 1400. The lowest BCUT2D eigenvalue weighted by atomic mass is 10.1. The first-order valence-corrected chi connectivity index (χ1v) is 9.49. The van der Waals surface area contributed by atoms with Crippen LogP contribution in [0.3, 0.4) is 0 Å². The predicted molar refractivity (Wildman–Crippen MR) is 116 cm³/mol. The van der Waals surface area contributed by atoms with Crippen molar-refractivity contribution in [1.82, 2.24) is 19.2 Å². The van der Waals surface area contributed by atoms with Gasteiger partial charge in [0, 0.05) is 29.9 Å². The van der Waals surface area contributed by atoms with Gasteiger partial charge < -0.3 is 5.73 Å². The molecule has 0 aliphatic carbocycles. The third kappa shape index (κ3) is 2.77. The largest absolute Gasteiger partial charge is 0.384 e. The molecule has 2 N–H and O–H groups in total. The quantitative estimate of drug-likeness (QED) is 0.513. The Balaban J connectivity index is 1.82. The Labute approximate surface area is 166 Å². The first-order chi connectivity index (χ1) is 14.2. The molecule has 29 heavy (non-hydrogen) atoms. The first kappa shape index (κ1) is 17.2. The average Bonchev–Trinajstić information content (AvgIpc) is 3.20. The third-order valence-electron chi connectivity index (χ3n) is 5.17. The molecule has 0 aliphatic rings. The van der Waals surface area contributed by atoms with E-state index in [0.717, 1.165) is 33.5 Å². The van der Waals surface area contributed by atoms with Gasteiger partial charge in [0.05, 0.1) is 16.6 Å². The van der Waals surface area contributed by atoms with Crippen molar-refractivity contribution in [3.8, 4) is 22.4 Å². The van der Waals surface area contributed by atoms with Crippen molar-refractivity contribution in [2.24, 2.45) is 0 Å². The summed E-state index contributed by atoms with van der Waals surface area (Å²) in [4.78, 5) is 17.3. The predicted octanol–water partition coefficient (Wildman–Crippen LogP) is 3.98. The van der Waals surface area contributed by atoms with Crippen molar-refractivity contribution in [3.05, 3.63) is 83.3 Å². The molecule has 0 radical (unpaired) electrons. The Kier molecular flexibility index (Phi) is 3.91. The zero-order chi connectivity index (χ0) is 20.0. The Morgan fingerprint density at radius 2 is 1.72 bits per heavy atom. The summed E-state index contributed by atoms with van der Waals surface area (Å²) in [6.07, 6.45) is 1.74. The lowest BCUT2D eigenvalue weighted by Crippen LogP contribution is -2.22. The van der Waals surface area contributed by atoms with Crippen molar-refractivity contribution < 1.29 is 0 Å². The lowest BCUT2D eigenvalue weighted by molar-refractivity contribution is 0.738. The standard InChI is InChI=1S/C23H19N5O/c1-2-27-22-13-19(15-6-4-3-5-7-15)26-28(22)20-12-16(8-10-18(20)23(27)29)17-9-11-21(24)25-14-17/h3-14H,2H2,1H3,(H2,24,25). The zero-order valence-electron chi connectivity index (χ0n) is 15.9. The van der Waals surface area contributed by atoms with Gasteiger partial charge in [-0.05, 0) is 36.8 Å². The van der Waals surface area contributed by atoms with Crippen molar-refractivity contribution >= 4 is 22.4 Å². The van der Waals surface area contributed by atoms with Crippen molar-refractivity contribution in [3.63, 3.8) is 0 Å². The smallest absolute Gasteiger partial charge is 0.261 e. The molecule has 6 heteroatoms. The number of aryl methyl sites for hydroxylation is 1. The van der Waals surface area contributed by atoms with Gasteiger partial charge in [-0.3, -0.25) is 9.36 Å². The van der Waals surface area contributed by atoms with E-state index in [4.69, 9.17) is 10.8 Å². The van der Waals surface area contributed by atoms with E-state index in [1.165, 1.54) is 0 Å². The third-order valence-corrected chi connectivity index (χ3v) is 5.17. The number of anilines is 1. The van der Waals surface area contributed by atoms with E-state index in [0.29, 0.717) is 17.7 Å². The summed E-state index contributed by atoms with van der Waals surface area (Å²) in [6, 6.07) is 21.4. The summed E-state index contributed by atoms with van der Waals surface area (Å²) in [5, 5.41) is 5.46. The van der Waals surface area contributed by atoms with Gasteiger partial charge in [-0.1, -0.05) is 36.4 Å². The summed E-state index contributed by atoms with van der Waals surface area (Å²) in [6.45, 7) is 2.54.